The van der Waals surface area contributed by atoms with Gasteiger partial charge in [-0.1, -0.05) is 0 Å². The molecule has 1 fully saturated rings. The van der Waals surface area contributed by atoms with Crippen molar-refractivity contribution >= 4 is 26.6 Å². The zero-order valence-corrected chi connectivity index (χ0v) is 16.9. The molecule has 7 nitrogen and oxygen atoms in total. The summed E-state index contributed by atoms with van der Waals surface area (Å²) in [7, 11) is -3.61. The molecule has 30 heavy (non-hydrogen) atoms. The van der Waals surface area contributed by atoms with Gasteiger partial charge in [0.1, 0.15) is 6.07 Å². The van der Waals surface area contributed by atoms with Gasteiger partial charge in [0.25, 0.3) is 0 Å². The van der Waals surface area contributed by atoms with Crippen molar-refractivity contribution in [1.29, 1.82) is 5.26 Å². The molecule has 0 radical (unpaired) electrons. The van der Waals surface area contributed by atoms with Crippen molar-refractivity contribution in [3.8, 4) is 6.07 Å². The maximum Gasteiger partial charge on any atom is 0.393 e. The third kappa shape index (κ3) is 5.38. The molecule has 0 aliphatic carbocycles. The Morgan fingerprint density at radius 1 is 1.30 bits per heavy atom. The van der Waals surface area contributed by atoms with Crippen LogP contribution in [0.1, 0.15) is 18.4 Å². The minimum Gasteiger partial charge on any atom is -0.369 e. The molecule has 2 aromatic rings. The molecule has 0 saturated carbocycles. The number of pyridine rings is 1. The van der Waals surface area contributed by atoms with Crippen LogP contribution >= 0.6 is 0 Å². The normalized spacial score (nSPS) is 20.3. The molecule has 3 rings (SSSR count). The lowest BCUT2D eigenvalue weighted by Crippen LogP contribution is -2.53. The van der Waals surface area contributed by atoms with E-state index in [1.807, 2.05) is 0 Å². The number of piperidine rings is 1. The second kappa shape index (κ2) is 8.75. The van der Waals surface area contributed by atoms with E-state index in [4.69, 9.17) is 5.14 Å². The summed E-state index contributed by atoms with van der Waals surface area (Å²) in [6, 6.07) is 8.22. The summed E-state index contributed by atoms with van der Waals surface area (Å²) in [5, 5.41) is 17.9. The lowest BCUT2D eigenvalue weighted by molar-refractivity contribution is -0.177. The third-order valence-corrected chi connectivity index (χ3v) is 6.02. The smallest absolute Gasteiger partial charge is 0.369 e. The Bertz CT molecular complexity index is 1050. The predicted octanol–water partition coefficient (Wildman–Crippen LogP) is 2.13. The van der Waals surface area contributed by atoms with E-state index >= 15 is 0 Å². The van der Waals surface area contributed by atoms with E-state index in [9.17, 15) is 26.9 Å². The Kier molecular flexibility index (Phi) is 6.50. The van der Waals surface area contributed by atoms with Gasteiger partial charge in [0, 0.05) is 36.4 Å². The minimum atomic E-state index is -4.36. The summed E-state index contributed by atoms with van der Waals surface area (Å²) < 4.78 is 62.8. The summed E-state index contributed by atoms with van der Waals surface area (Å²) in [5.74, 6) is -1.77. The Hall–Kier alpha value is -2.42. The summed E-state index contributed by atoms with van der Waals surface area (Å²) in [5.41, 5.74) is 1.39. The topological polar surface area (TPSA) is 112 Å². The van der Waals surface area contributed by atoms with Gasteiger partial charge in [0.05, 0.1) is 22.8 Å². The number of nitriles is 1. The number of rotatable bonds is 6. The Labute approximate surface area is 172 Å². The molecular formula is C19H22F3N5O2S. The fraction of sp³-hybridized carbons (Fsp3) is 0.474. The Morgan fingerprint density at radius 2 is 2.07 bits per heavy atom. The molecule has 1 aliphatic heterocycles. The number of halogens is 3. The van der Waals surface area contributed by atoms with Gasteiger partial charge < -0.3 is 10.2 Å². The van der Waals surface area contributed by atoms with Crippen LogP contribution in [0.2, 0.25) is 0 Å². The van der Waals surface area contributed by atoms with E-state index in [1.54, 1.807) is 29.2 Å². The van der Waals surface area contributed by atoms with E-state index in [0.717, 1.165) is 0 Å². The maximum absolute atomic E-state index is 13.6. The third-order valence-electron chi connectivity index (χ3n) is 5.16. The largest absolute Gasteiger partial charge is 0.393 e. The summed E-state index contributed by atoms with van der Waals surface area (Å²) in [6.07, 6.45) is -2.70. The molecule has 0 bridgehead atoms. The highest BCUT2D eigenvalue weighted by atomic mass is 32.2. The number of aromatic nitrogens is 1. The van der Waals surface area contributed by atoms with Crippen molar-refractivity contribution in [2.75, 3.05) is 30.3 Å². The van der Waals surface area contributed by atoms with Crippen LogP contribution in [-0.4, -0.2) is 51.0 Å². The predicted molar refractivity (Wildman–Crippen MR) is 107 cm³/mol. The van der Waals surface area contributed by atoms with E-state index in [2.05, 4.69) is 16.4 Å². The lowest BCUT2D eigenvalue weighted by atomic mass is 9.92. The average molecular weight is 441 g/mol. The van der Waals surface area contributed by atoms with Gasteiger partial charge in [-0.05, 0) is 43.7 Å². The molecule has 3 N–H and O–H groups in total. The number of benzene rings is 1. The number of hydrogen-bond donors (Lipinski definition) is 2. The standard InChI is InChI=1S/C19H22F3N5O2S/c20-19(21,22)14-9-15(25-7-2-8-30(24,28)29)12-27(11-14)17-5-4-13(10-23)18-16(17)3-1-6-26-18/h1,3-6,14-15,25H,2,7-9,11-12H2,(H2,24,28,29). The average Bonchev–Trinajstić information content (AvgIpc) is 2.69. The number of alkyl halides is 3. The molecule has 0 spiro atoms. The molecule has 0 amide bonds. The Balaban J connectivity index is 1.85. The molecule has 2 unspecified atom stereocenters. The first-order valence-corrected chi connectivity index (χ1v) is 11.1. The van der Waals surface area contributed by atoms with Crippen LogP contribution < -0.4 is 15.4 Å². The van der Waals surface area contributed by atoms with Gasteiger partial charge in [-0.15, -0.1) is 0 Å². The number of nitrogens with one attached hydrogen (secondary N) is 1. The molecule has 1 aromatic heterocycles. The highest BCUT2D eigenvalue weighted by molar-refractivity contribution is 7.89. The highest BCUT2D eigenvalue weighted by Gasteiger charge is 2.44. The molecule has 1 saturated heterocycles. The van der Waals surface area contributed by atoms with Crippen molar-refractivity contribution in [2.24, 2.45) is 11.1 Å². The lowest BCUT2D eigenvalue weighted by Gasteiger charge is -2.40. The van der Waals surface area contributed by atoms with Crippen LogP contribution in [0.3, 0.4) is 0 Å². The zero-order chi connectivity index (χ0) is 21.9. The number of anilines is 1. The molecule has 1 aromatic carbocycles. The van der Waals surface area contributed by atoms with E-state index in [1.165, 1.54) is 6.20 Å². The molecule has 2 atom stereocenters. The second-order valence-corrected chi connectivity index (χ2v) is 9.13. The summed E-state index contributed by atoms with van der Waals surface area (Å²) >= 11 is 0. The van der Waals surface area contributed by atoms with Gasteiger partial charge in [-0.2, -0.15) is 18.4 Å². The van der Waals surface area contributed by atoms with Crippen molar-refractivity contribution < 1.29 is 21.6 Å². The number of hydrogen-bond acceptors (Lipinski definition) is 6. The number of primary sulfonamides is 1. The number of nitrogens with zero attached hydrogens (tertiary/aromatic N) is 3. The van der Waals surface area contributed by atoms with E-state index in [0.29, 0.717) is 28.7 Å². The fourth-order valence-corrected chi connectivity index (χ4v) is 4.33. The minimum absolute atomic E-state index is 0.0954. The van der Waals surface area contributed by atoms with E-state index < -0.39 is 28.2 Å². The number of sulfonamides is 1. The first-order chi connectivity index (χ1) is 14.1. The van der Waals surface area contributed by atoms with Crippen LogP contribution in [0, 0.1) is 17.2 Å². The molecular weight excluding hydrogens is 419 g/mol. The van der Waals surface area contributed by atoms with Gasteiger partial charge in [-0.25, -0.2) is 13.6 Å². The number of nitrogens with two attached hydrogens (primary N) is 1. The number of fused-ring (bicyclic) bond motifs is 1. The fourth-order valence-electron chi connectivity index (χ4n) is 3.78. The monoisotopic (exact) mass is 441 g/mol. The van der Waals surface area contributed by atoms with Crippen LogP contribution in [0.25, 0.3) is 10.9 Å². The van der Waals surface area contributed by atoms with Gasteiger partial charge >= 0.3 is 6.18 Å². The van der Waals surface area contributed by atoms with Gasteiger partial charge in [0.15, 0.2) is 0 Å². The summed E-state index contributed by atoms with van der Waals surface area (Å²) in [4.78, 5) is 5.88. The first kappa shape index (κ1) is 22.3. The SMILES string of the molecule is N#Cc1ccc(N2CC(NCCCS(N)(=O)=O)CC(C(F)(F)F)C2)c2cccnc12. The van der Waals surface area contributed by atoms with Crippen LogP contribution in [-0.2, 0) is 10.0 Å². The van der Waals surface area contributed by atoms with Crippen molar-refractivity contribution in [1.82, 2.24) is 10.3 Å². The molecule has 2 heterocycles. The van der Waals surface area contributed by atoms with Gasteiger partial charge in [-0.3, -0.25) is 4.98 Å². The summed E-state index contributed by atoms with van der Waals surface area (Å²) in [6.45, 7) is 0.363. The van der Waals surface area contributed by atoms with Crippen molar-refractivity contribution in [3.05, 3.63) is 36.0 Å². The second-order valence-electron chi connectivity index (χ2n) is 7.39. The van der Waals surface area contributed by atoms with Crippen LogP contribution in [0.4, 0.5) is 18.9 Å². The van der Waals surface area contributed by atoms with E-state index in [-0.39, 0.29) is 31.7 Å². The van der Waals surface area contributed by atoms with Crippen molar-refractivity contribution in [2.45, 2.75) is 25.1 Å². The maximum atomic E-state index is 13.6. The Morgan fingerprint density at radius 3 is 2.73 bits per heavy atom. The quantitative estimate of drug-likeness (QED) is 0.665. The molecule has 162 valence electrons. The molecule has 1 aliphatic rings. The highest BCUT2D eigenvalue weighted by Crippen LogP contribution is 2.37. The van der Waals surface area contributed by atoms with Crippen LogP contribution in [0.15, 0.2) is 30.5 Å². The zero-order valence-electron chi connectivity index (χ0n) is 16.1. The van der Waals surface area contributed by atoms with Crippen LogP contribution in [0.5, 0.6) is 0 Å². The van der Waals surface area contributed by atoms with Crippen molar-refractivity contribution in [3.63, 3.8) is 0 Å². The first-order valence-electron chi connectivity index (χ1n) is 9.42. The van der Waals surface area contributed by atoms with Gasteiger partial charge in [0.2, 0.25) is 10.0 Å². The molecule has 11 heteroatoms.